The summed E-state index contributed by atoms with van der Waals surface area (Å²) in [5, 5.41) is 3.70. The quantitative estimate of drug-likeness (QED) is 0.723. The van der Waals surface area contributed by atoms with Crippen molar-refractivity contribution in [2.24, 2.45) is 0 Å². The van der Waals surface area contributed by atoms with Gasteiger partial charge in [0.15, 0.2) is 0 Å². The van der Waals surface area contributed by atoms with Gasteiger partial charge in [0, 0.05) is 24.5 Å². The SMILES string of the molecule is C#Cc1cccc(NC(=O)CN(C)c2ncnc3[nH]ccc23)c1. The average molecular weight is 305 g/mol. The number of terminal acetylenes is 1. The largest absolute Gasteiger partial charge is 0.350 e. The van der Waals surface area contributed by atoms with E-state index in [4.69, 9.17) is 6.42 Å². The first-order valence-electron chi connectivity index (χ1n) is 7.03. The van der Waals surface area contributed by atoms with Crippen molar-refractivity contribution >= 4 is 28.4 Å². The molecular weight excluding hydrogens is 290 g/mol. The molecule has 3 aromatic rings. The van der Waals surface area contributed by atoms with Crippen LogP contribution in [0.15, 0.2) is 42.9 Å². The van der Waals surface area contributed by atoms with Gasteiger partial charge in [-0.3, -0.25) is 4.79 Å². The number of carbonyl (C=O) groups is 1. The van der Waals surface area contributed by atoms with Crippen LogP contribution in [0.5, 0.6) is 0 Å². The first kappa shape index (κ1) is 14.6. The van der Waals surface area contributed by atoms with Gasteiger partial charge in [0.2, 0.25) is 5.91 Å². The first-order chi connectivity index (χ1) is 11.2. The number of hydrogen-bond acceptors (Lipinski definition) is 4. The Kier molecular flexibility index (Phi) is 3.93. The Balaban J connectivity index is 1.72. The van der Waals surface area contributed by atoms with Gasteiger partial charge in [0.1, 0.15) is 17.8 Å². The van der Waals surface area contributed by atoms with E-state index in [1.54, 1.807) is 23.2 Å². The molecule has 6 heteroatoms. The van der Waals surface area contributed by atoms with Gasteiger partial charge in [-0.05, 0) is 24.3 Å². The molecule has 0 radical (unpaired) electrons. The summed E-state index contributed by atoms with van der Waals surface area (Å²) >= 11 is 0. The maximum atomic E-state index is 12.2. The number of anilines is 2. The highest BCUT2D eigenvalue weighted by molar-refractivity contribution is 5.96. The first-order valence-corrected chi connectivity index (χ1v) is 7.03. The predicted octanol–water partition coefficient (Wildman–Crippen LogP) is 2.01. The van der Waals surface area contributed by atoms with Crippen molar-refractivity contribution < 1.29 is 4.79 Å². The molecule has 2 aromatic heterocycles. The zero-order valence-electron chi connectivity index (χ0n) is 12.6. The lowest BCUT2D eigenvalue weighted by Crippen LogP contribution is -2.30. The number of amides is 1. The number of carbonyl (C=O) groups excluding carboxylic acids is 1. The average Bonchev–Trinajstić information content (AvgIpc) is 3.03. The third kappa shape index (κ3) is 3.14. The summed E-state index contributed by atoms with van der Waals surface area (Å²) in [4.78, 5) is 25.4. The molecule has 2 heterocycles. The molecule has 1 amide bonds. The highest BCUT2D eigenvalue weighted by atomic mass is 16.2. The molecule has 0 aliphatic carbocycles. The maximum absolute atomic E-state index is 12.2. The predicted molar refractivity (Wildman–Crippen MR) is 90.2 cm³/mol. The highest BCUT2D eigenvalue weighted by Crippen LogP contribution is 2.20. The van der Waals surface area contributed by atoms with E-state index in [0.717, 1.165) is 16.6 Å². The zero-order chi connectivity index (χ0) is 16.2. The molecule has 0 saturated carbocycles. The fourth-order valence-corrected chi connectivity index (χ4v) is 2.34. The number of rotatable bonds is 4. The number of nitrogens with one attached hydrogen (secondary N) is 2. The number of benzene rings is 1. The van der Waals surface area contributed by atoms with Gasteiger partial charge in [-0.25, -0.2) is 9.97 Å². The molecule has 1 aromatic carbocycles. The number of aromatic nitrogens is 3. The van der Waals surface area contributed by atoms with Crippen molar-refractivity contribution in [1.82, 2.24) is 15.0 Å². The minimum atomic E-state index is -0.149. The van der Waals surface area contributed by atoms with Gasteiger partial charge in [-0.1, -0.05) is 12.0 Å². The normalized spacial score (nSPS) is 10.3. The van der Waals surface area contributed by atoms with Crippen molar-refractivity contribution in [1.29, 1.82) is 0 Å². The van der Waals surface area contributed by atoms with E-state index in [1.165, 1.54) is 6.33 Å². The number of nitrogens with zero attached hydrogens (tertiary/aromatic N) is 3. The summed E-state index contributed by atoms with van der Waals surface area (Å²) in [6.45, 7) is 0.164. The molecule has 0 atom stereocenters. The van der Waals surface area contributed by atoms with Crippen molar-refractivity contribution in [3.63, 3.8) is 0 Å². The van der Waals surface area contributed by atoms with Crippen LogP contribution in [0, 0.1) is 12.3 Å². The van der Waals surface area contributed by atoms with Crippen molar-refractivity contribution in [3.05, 3.63) is 48.4 Å². The van der Waals surface area contributed by atoms with Crippen LogP contribution in [-0.4, -0.2) is 34.5 Å². The van der Waals surface area contributed by atoms with Gasteiger partial charge < -0.3 is 15.2 Å². The smallest absolute Gasteiger partial charge is 0.243 e. The molecule has 0 fully saturated rings. The van der Waals surface area contributed by atoms with Crippen LogP contribution in [0.25, 0.3) is 11.0 Å². The molecule has 0 unspecified atom stereocenters. The Bertz CT molecular complexity index is 893. The molecule has 0 bridgehead atoms. The summed E-state index contributed by atoms with van der Waals surface area (Å²) in [7, 11) is 1.81. The van der Waals surface area contributed by atoms with Crippen LogP contribution in [0.3, 0.4) is 0 Å². The van der Waals surface area contributed by atoms with E-state index in [0.29, 0.717) is 11.5 Å². The van der Waals surface area contributed by atoms with Crippen molar-refractivity contribution in [3.8, 4) is 12.3 Å². The number of fused-ring (bicyclic) bond motifs is 1. The Morgan fingerprint density at radius 3 is 3.09 bits per heavy atom. The van der Waals surface area contributed by atoms with Crippen LogP contribution in [0.4, 0.5) is 11.5 Å². The number of aromatic amines is 1. The third-order valence-electron chi connectivity index (χ3n) is 3.39. The van der Waals surface area contributed by atoms with Gasteiger partial charge in [-0.2, -0.15) is 0 Å². The van der Waals surface area contributed by atoms with Crippen molar-refractivity contribution in [2.45, 2.75) is 0 Å². The second-order valence-electron chi connectivity index (χ2n) is 5.07. The van der Waals surface area contributed by atoms with Gasteiger partial charge in [0.05, 0.1) is 11.9 Å². The molecule has 114 valence electrons. The lowest BCUT2D eigenvalue weighted by Gasteiger charge is -2.18. The Labute approximate surface area is 133 Å². The van der Waals surface area contributed by atoms with Crippen LogP contribution in [-0.2, 0) is 4.79 Å². The van der Waals surface area contributed by atoms with Crippen LogP contribution >= 0.6 is 0 Å². The van der Waals surface area contributed by atoms with E-state index < -0.39 is 0 Å². The highest BCUT2D eigenvalue weighted by Gasteiger charge is 2.13. The van der Waals surface area contributed by atoms with E-state index in [1.807, 2.05) is 25.2 Å². The number of likely N-dealkylation sites (N-methyl/N-ethyl adjacent to an activating group) is 1. The lowest BCUT2D eigenvalue weighted by molar-refractivity contribution is -0.114. The van der Waals surface area contributed by atoms with Gasteiger partial charge in [0.25, 0.3) is 0 Å². The summed E-state index contributed by atoms with van der Waals surface area (Å²) < 4.78 is 0. The zero-order valence-corrected chi connectivity index (χ0v) is 12.6. The second kappa shape index (κ2) is 6.20. The van der Waals surface area contributed by atoms with E-state index in [-0.39, 0.29) is 12.5 Å². The summed E-state index contributed by atoms with van der Waals surface area (Å²) in [6.07, 6.45) is 8.63. The topological polar surface area (TPSA) is 73.9 Å². The summed E-state index contributed by atoms with van der Waals surface area (Å²) in [6, 6.07) is 9.06. The summed E-state index contributed by atoms with van der Waals surface area (Å²) in [5.74, 6) is 3.09. The Morgan fingerprint density at radius 2 is 2.26 bits per heavy atom. The molecule has 23 heavy (non-hydrogen) atoms. The van der Waals surface area contributed by atoms with Crippen LogP contribution in [0.2, 0.25) is 0 Å². The minimum Gasteiger partial charge on any atom is -0.350 e. The fraction of sp³-hybridized carbons (Fsp3) is 0.118. The standard InChI is InChI=1S/C17H15N5O/c1-3-12-5-4-6-13(9-12)21-15(23)10-22(2)17-14-7-8-18-16(14)19-11-20-17/h1,4-9,11H,10H2,2H3,(H,21,23)(H,18,19,20). The van der Waals surface area contributed by atoms with E-state index in [9.17, 15) is 4.79 Å². The van der Waals surface area contributed by atoms with E-state index >= 15 is 0 Å². The Hall–Kier alpha value is -3.33. The molecule has 2 N–H and O–H groups in total. The van der Waals surface area contributed by atoms with Gasteiger partial charge >= 0.3 is 0 Å². The van der Waals surface area contributed by atoms with Gasteiger partial charge in [-0.15, -0.1) is 6.42 Å². The molecule has 0 aliphatic heterocycles. The van der Waals surface area contributed by atoms with Crippen LogP contribution < -0.4 is 10.2 Å². The number of H-pyrrole nitrogens is 1. The maximum Gasteiger partial charge on any atom is 0.243 e. The number of hydrogen-bond donors (Lipinski definition) is 2. The molecule has 0 saturated heterocycles. The molecule has 0 spiro atoms. The fourth-order valence-electron chi connectivity index (χ4n) is 2.34. The lowest BCUT2D eigenvalue weighted by atomic mass is 10.2. The minimum absolute atomic E-state index is 0.149. The molecular formula is C17H15N5O. The summed E-state index contributed by atoms with van der Waals surface area (Å²) in [5.41, 5.74) is 2.14. The van der Waals surface area contributed by atoms with Crippen LogP contribution in [0.1, 0.15) is 5.56 Å². The van der Waals surface area contributed by atoms with Crippen molar-refractivity contribution in [2.75, 3.05) is 23.8 Å². The third-order valence-corrected chi connectivity index (χ3v) is 3.39. The molecule has 6 nitrogen and oxygen atoms in total. The monoisotopic (exact) mass is 305 g/mol. The molecule has 3 rings (SSSR count). The Morgan fingerprint density at radius 1 is 1.39 bits per heavy atom. The second-order valence-corrected chi connectivity index (χ2v) is 5.07. The molecule has 0 aliphatic rings. The van der Waals surface area contributed by atoms with E-state index in [2.05, 4.69) is 26.2 Å².